The monoisotopic (exact) mass is 1790 g/mol. The molecule has 18 heteroatoms. The van der Waals surface area contributed by atoms with Gasteiger partial charge in [-0.15, -0.1) is 0 Å². The number of hydrogen-bond donors (Lipinski definition) is 4. The average Bonchev–Trinajstić information content (AvgIpc) is 0.886. The highest BCUT2D eigenvalue weighted by atomic mass is 31.2. The van der Waals surface area contributed by atoms with Gasteiger partial charge in [-0.2, -0.15) is 0 Å². The van der Waals surface area contributed by atoms with E-state index in [4.69, 9.17) is 32.3 Å². The Morgan fingerprint density at radius 2 is 0.424 bits per heavy atom. The van der Waals surface area contributed by atoms with Crippen molar-refractivity contribution in [1.82, 2.24) is 0 Å². The molecule has 718 valence electrons. The molecule has 0 radical (unpaired) electrons. The van der Waals surface area contributed by atoms with Gasteiger partial charge in [0.25, 0.3) is 0 Å². The number of allylic oxidation sites excluding steroid dienone is 28. The quantitative estimate of drug-likeness (QED) is 0.0146. The third-order valence-corrected chi connectivity index (χ3v) is 23.3. The van der Waals surface area contributed by atoms with E-state index >= 15 is 0 Å². The standard InChI is InChI=1S/C107H184O16P2/c1-4-7-10-13-16-19-22-25-28-31-34-37-40-43-46-47-48-49-50-51-52-53-56-58-60-63-66-69-72-75-78-81-84-87-90-93-105(110)117-96-102(108)97-119-124(113,114)120-98-103(109)99-121-125(115,116)122-101-104(123-107(112)95-92-89-86-83-80-77-74-71-68-65-62-59-55-45-42-39-36-33-30-27-24-21-18-15-12-9-6-3)100-118-106(111)94-91-88-85-82-79-76-73-70-67-64-61-57-54-44-41-38-35-32-29-26-23-20-17-14-11-8-5-2/h8-9,11-12,16-21,25-30,34-39,43-46,54-55,102-104,108-109H,4-7,10,13-15,22-24,31-33,40-42,47-53,56-101H2,1-3H3,(H,113,114)(H,115,116)/b11-8-,12-9-,19-16-,20-17-,21-18-,28-25-,29-26-,30-27-,37-34-,38-35-,39-36-,46-43-,54-44-,55-45-. The number of aliphatic hydroxyl groups is 2. The molecule has 0 spiro atoms. The van der Waals surface area contributed by atoms with Crippen molar-refractivity contribution in [3.63, 3.8) is 0 Å². The van der Waals surface area contributed by atoms with E-state index in [9.17, 15) is 43.5 Å². The normalized spacial score (nSPS) is 14.4. The predicted molar refractivity (Wildman–Crippen MR) is 528 cm³/mol. The van der Waals surface area contributed by atoms with Gasteiger partial charge in [-0.25, -0.2) is 9.13 Å². The van der Waals surface area contributed by atoms with Crippen molar-refractivity contribution in [3.8, 4) is 0 Å². The Bertz CT molecular complexity index is 2950. The van der Waals surface area contributed by atoms with E-state index in [1.54, 1.807) is 0 Å². The number of carbonyl (C=O) groups is 3. The lowest BCUT2D eigenvalue weighted by molar-refractivity contribution is -0.161. The van der Waals surface area contributed by atoms with Crippen LogP contribution < -0.4 is 0 Å². The summed E-state index contributed by atoms with van der Waals surface area (Å²) < 4.78 is 61.7. The second kappa shape index (κ2) is 98.0. The van der Waals surface area contributed by atoms with Gasteiger partial charge in [0, 0.05) is 19.3 Å². The van der Waals surface area contributed by atoms with Crippen LogP contribution in [0.25, 0.3) is 0 Å². The Morgan fingerprint density at radius 1 is 0.232 bits per heavy atom. The van der Waals surface area contributed by atoms with Gasteiger partial charge in [0.15, 0.2) is 6.10 Å². The minimum atomic E-state index is -4.95. The fraction of sp³-hybridized carbons (Fsp3) is 0.710. The van der Waals surface area contributed by atoms with Crippen molar-refractivity contribution >= 4 is 33.6 Å². The zero-order valence-corrected chi connectivity index (χ0v) is 81.3. The molecule has 0 aromatic rings. The van der Waals surface area contributed by atoms with Gasteiger partial charge >= 0.3 is 33.6 Å². The molecule has 0 amide bonds. The van der Waals surface area contributed by atoms with Gasteiger partial charge in [0.2, 0.25) is 0 Å². The minimum absolute atomic E-state index is 0.0960. The first-order chi connectivity index (χ1) is 61.2. The molecule has 0 aromatic carbocycles. The number of hydrogen-bond acceptors (Lipinski definition) is 14. The second-order valence-electron chi connectivity index (χ2n) is 33.5. The maximum Gasteiger partial charge on any atom is 0.472 e. The van der Waals surface area contributed by atoms with E-state index in [0.717, 1.165) is 167 Å². The molecule has 0 aliphatic carbocycles. The SMILES string of the molecule is CC/C=C\C/C=C\C/C=C\C/C=C\C/C=C\CCCCCCCCCCCCCC(=O)OCC(COP(=O)(O)OCC(O)COP(=O)(O)OCC(O)COC(=O)CCCCCCCCCCCCCCCCCCCCC/C=C\C/C=C\C/C=C\C/C=C\CCCCC)OC(=O)CCCCCCCCCCCCC/C=C\C/C=C\C/C=C\C/C=C\C/C=C\CC. The van der Waals surface area contributed by atoms with Crippen molar-refractivity contribution in [3.05, 3.63) is 170 Å². The first kappa shape index (κ1) is 120. The Labute approximate surface area is 764 Å². The second-order valence-corrected chi connectivity index (χ2v) is 36.4. The summed E-state index contributed by atoms with van der Waals surface area (Å²) in [5.74, 6) is -1.57. The Balaban J connectivity index is 4.57. The molecule has 0 fully saturated rings. The fourth-order valence-electron chi connectivity index (χ4n) is 13.8. The van der Waals surface area contributed by atoms with E-state index in [2.05, 4.69) is 191 Å². The summed E-state index contributed by atoms with van der Waals surface area (Å²) in [7, 11) is -9.82. The lowest BCUT2D eigenvalue weighted by Gasteiger charge is -2.21. The van der Waals surface area contributed by atoms with Crippen LogP contribution >= 0.6 is 15.6 Å². The smallest absolute Gasteiger partial charge is 0.463 e. The highest BCUT2D eigenvalue weighted by molar-refractivity contribution is 7.47. The number of rotatable bonds is 95. The summed E-state index contributed by atoms with van der Waals surface area (Å²) >= 11 is 0. The fourth-order valence-corrected chi connectivity index (χ4v) is 15.4. The number of phosphoric ester groups is 2. The molecule has 0 saturated carbocycles. The summed E-state index contributed by atoms with van der Waals surface area (Å²) in [6.07, 6.45) is 128. The lowest BCUT2D eigenvalue weighted by atomic mass is 10.0. The van der Waals surface area contributed by atoms with Crippen LogP contribution in [0.3, 0.4) is 0 Å². The van der Waals surface area contributed by atoms with Crippen LogP contribution in [0.5, 0.6) is 0 Å². The maximum atomic E-state index is 13.1. The summed E-state index contributed by atoms with van der Waals surface area (Å²) in [6.45, 7) is 2.49. The molecule has 0 aliphatic heterocycles. The molecule has 0 rings (SSSR count). The van der Waals surface area contributed by atoms with E-state index in [1.807, 2.05) is 0 Å². The van der Waals surface area contributed by atoms with E-state index in [1.165, 1.54) is 205 Å². The van der Waals surface area contributed by atoms with Gasteiger partial charge in [-0.05, 0) is 154 Å². The average molecular weight is 1790 g/mol. The topological polar surface area (TPSA) is 231 Å². The molecule has 0 aliphatic rings. The highest BCUT2D eigenvalue weighted by Crippen LogP contribution is 2.45. The molecule has 0 heterocycles. The zero-order chi connectivity index (χ0) is 90.7. The van der Waals surface area contributed by atoms with Crippen molar-refractivity contribution in [1.29, 1.82) is 0 Å². The summed E-state index contributed by atoms with van der Waals surface area (Å²) in [5, 5.41) is 20.8. The molecule has 0 bridgehead atoms. The van der Waals surface area contributed by atoms with Crippen LogP contribution in [-0.2, 0) is 55.8 Å². The first-order valence-corrected chi connectivity index (χ1v) is 53.4. The number of esters is 3. The zero-order valence-electron chi connectivity index (χ0n) is 79.5. The summed E-state index contributed by atoms with van der Waals surface area (Å²) in [4.78, 5) is 59.2. The third-order valence-electron chi connectivity index (χ3n) is 21.4. The molecular weight excluding hydrogens is 1600 g/mol. The largest absolute Gasteiger partial charge is 0.472 e. The maximum absolute atomic E-state index is 13.1. The Morgan fingerprint density at radius 3 is 0.672 bits per heavy atom. The summed E-state index contributed by atoms with van der Waals surface area (Å²) in [6, 6.07) is 0. The van der Waals surface area contributed by atoms with E-state index in [-0.39, 0.29) is 19.3 Å². The molecule has 5 atom stereocenters. The molecule has 4 N–H and O–H groups in total. The number of phosphoric acid groups is 2. The van der Waals surface area contributed by atoms with E-state index < -0.39 is 91.5 Å². The van der Waals surface area contributed by atoms with Crippen LogP contribution in [0.4, 0.5) is 0 Å². The molecule has 0 saturated heterocycles. The number of aliphatic hydroxyl groups excluding tert-OH is 2. The van der Waals surface area contributed by atoms with Crippen LogP contribution in [0, 0.1) is 0 Å². The van der Waals surface area contributed by atoms with Crippen LogP contribution in [-0.4, -0.2) is 95.9 Å². The van der Waals surface area contributed by atoms with Crippen LogP contribution in [0.15, 0.2) is 170 Å². The molecule has 5 unspecified atom stereocenters. The van der Waals surface area contributed by atoms with Gasteiger partial charge in [0.05, 0.1) is 26.4 Å². The van der Waals surface area contributed by atoms with Crippen molar-refractivity contribution in [2.45, 2.75) is 450 Å². The van der Waals surface area contributed by atoms with Gasteiger partial charge < -0.3 is 34.2 Å². The predicted octanol–water partition coefficient (Wildman–Crippen LogP) is 31.8. The number of ether oxygens (including phenoxy) is 3. The summed E-state index contributed by atoms with van der Waals surface area (Å²) in [5.41, 5.74) is 0. The lowest BCUT2D eigenvalue weighted by Crippen LogP contribution is -2.30. The molecular formula is C107H184O16P2. The Kier molecular flexibility index (Phi) is 94.0. The molecule has 0 aromatic heterocycles. The van der Waals surface area contributed by atoms with Gasteiger partial charge in [0.1, 0.15) is 25.4 Å². The van der Waals surface area contributed by atoms with Crippen molar-refractivity contribution < 1.29 is 75.8 Å². The number of carbonyl (C=O) groups excluding carboxylic acids is 3. The van der Waals surface area contributed by atoms with Crippen molar-refractivity contribution in [2.75, 3.05) is 39.6 Å². The molecule has 125 heavy (non-hydrogen) atoms. The first-order valence-electron chi connectivity index (χ1n) is 50.4. The van der Waals surface area contributed by atoms with Crippen LogP contribution in [0.2, 0.25) is 0 Å². The van der Waals surface area contributed by atoms with Gasteiger partial charge in [-0.1, -0.05) is 428 Å². The highest BCUT2D eigenvalue weighted by Gasteiger charge is 2.30. The van der Waals surface area contributed by atoms with E-state index in [0.29, 0.717) is 19.3 Å². The van der Waals surface area contributed by atoms with Gasteiger partial charge in [-0.3, -0.25) is 32.5 Å². The number of unbranched alkanes of at least 4 members (excludes halogenated alkanes) is 44. The van der Waals surface area contributed by atoms with Crippen LogP contribution in [0.1, 0.15) is 432 Å². The Hall–Kier alpha value is -5.09. The molecule has 16 nitrogen and oxygen atoms in total. The third kappa shape index (κ3) is 99.3. The minimum Gasteiger partial charge on any atom is -0.463 e. The van der Waals surface area contributed by atoms with Crippen molar-refractivity contribution in [2.24, 2.45) is 0 Å².